The fourth-order valence-corrected chi connectivity index (χ4v) is 4.52. The van der Waals surface area contributed by atoms with Gasteiger partial charge in [-0.2, -0.15) is 0 Å². The highest BCUT2D eigenvalue weighted by molar-refractivity contribution is 7.14. The largest absolute Gasteiger partial charge is 0.359 e. The lowest BCUT2D eigenvalue weighted by molar-refractivity contribution is 0.462. The third-order valence-electron chi connectivity index (χ3n) is 5.15. The van der Waals surface area contributed by atoms with Crippen LogP contribution in [0.5, 0.6) is 0 Å². The standard InChI is InChI=1S/C19H22FN3S/c1-12-18(15-10-13(20)8-9-17(15)23(12)2)16-11-24-19(22-16)21-14-6-4-3-5-7-14/h8-11,14H,3-7H2,1-2H3,(H,21,22). The molecule has 24 heavy (non-hydrogen) atoms. The molecular formula is C19H22FN3S. The number of hydrogen-bond donors (Lipinski definition) is 1. The summed E-state index contributed by atoms with van der Waals surface area (Å²) >= 11 is 1.64. The van der Waals surface area contributed by atoms with Crippen LogP contribution in [0.15, 0.2) is 23.6 Å². The van der Waals surface area contributed by atoms with Gasteiger partial charge in [0.1, 0.15) is 5.82 Å². The molecule has 1 saturated carbocycles. The maximum atomic E-state index is 13.7. The number of aryl methyl sites for hydroxylation is 1. The van der Waals surface area contributed by atoms with Gasteiger partial charge in [0.15, 0.2) is 5.13 Å². The van der Waals surface area contributed by atoms with Crippen LogP contribution in [0.1, 0.15) is 37.8 Å². The molecule has 2 heterocycles. The van der Waals surface area contributed by atoms with Gasteiger partial charge >= 0.3 is 0 Å². The van der Waals surface area contributed by atoms with Crippen LogP contribution in [-0.2, 0) is 7.05 Å². The van der Waals surface area contributed by atoms with Crippen LogP contribution in [-0.4, -0.2) is 15.6 Å². The molecule has 0 radical (unpaired) electrons. The van der Waals surface area contributed by atoms with Gasteiger partial charge in [0.05, 0.1) is 5.69 Å². The van der Waals surface area contributed by atoms with Crippen LogP contribution < -0.4 is 5.32 Å². The molecule has 1 aromatic carbocycles. The number of aromatic nitrogens is 2. The monoisotopic (exact) mass is 343 g/mol. The van der Waals surface area contributed by atoms with Crippen LogP contribution in [0.25, 0.3) is 22.2 Å². The number of nitrogens with one attached hydrogen (secondary N) is 1. The van der Waals surface area contributed by atoms with E-state index in [-0.39, 0.29) is 5.82 Å². The average molecular weight is 343 g/mol. The van der Waals surface area contributed by atoms with Gasteiger partial charge in [-0.25, -0.2) is 9.37 Å². The molecule has 1 fully saturated rings. The molecule has 1 N–H and O–H groups in total. The summed E-state index contributed by atoms with van der Waals surface area (Å²) in [6, 6.07) is 5.52. The molecule has 0 spiro atoms. The average Bonchev–Trinajstić information content (AvgIpc) is 3.12. The highest BCUT2D eigenvalue weighted by Gasteiger charge is 2.18. The Labute approximate surface area is 145 Å². The number of benzene rings is 1. The number of rotatable bonds is 3. The van der Waals surface area contributed by atoms with Gasteiger partial charge in [0, 0.05) is 40.6 Å². The van der Waals surface area contributed by atoms with E-state index < -0.39 is 0 Å². The fourth-order valence-electron chi connectivity index (χ4n) is 3.74. The summed E-state index contributed by atoms with van der Waals surface area (Å²) in [6.07, 6.45) is 6.41. The highest BCUT2D eigenvalue weighted by Crippen LogP contribution is 2.36. The van der Waals surface area contributed by atoms with Crippen molar-refractivity contribution in [3.8, 4) is 11.3 Å². The lowest BCUT2D eigenvalue weighted by atomic mass is 9.96. The number of nitrogens with zero attached hydrogens (tertiary/aromatic N) is 2. The quantitative estimate of drug-likeness (QED) is 0.681. The SMILES string of the molecule is Cc1c(-c2csc(NC3CCCCC3)n2)c2cc(F)ccc2n1C. The number of halogens is 1. The summed E-state index contributed by atoms with van der Waals surface area (Å²) in [6.45, 7) is 2.07. The number of anilines is 1. The Balaban J connectivity index is 1.70. The van der Waals surface area contributed by atoms with Crippen LogP contribution >= 0.6 is 11.3 Å². The second-order valence-corrected chi connectivity index (χ2v) is 7.56. The second-order valence-electron chi connectivity index (χ2n) is 6.70. The minimum atomic E-state index is -0.204. The van der Waals surface area contributed by atoms with Gasteiger partial charge in [-0.15, -0.1) is 11.3 Å². The van der Waals surface area contributed by atoms with E-state index in [0.717, 1.165) is 33.0 Å². The van der Waals surface area contributed by atoms with Crippen LogP contribution in [0.4, 0.5) is 9.52 Å². The van der Waals surface area contributed by atoms with Crippen molar-refractivity contribution in [1.82, 2.24) is 9.55 Å². The minimum Gasteiger partial charge on any atom is -0.359 e. The molecule has 2 aromatic heterocycles. The molecule has 1 aliphatic rings. The molecule has 126 valence electrons. The van der Waals surface area contributed by atoms with Gasteiger partial charge in [0.25, 0.3) is 0 Å². The molecule has 0 bridgehead atoms. The molecule has 0 atom stereocenters. The lowest BCUT2D eigenvalue weighted by Crippen LogP contribution is -2.21. The van der Waals surface area contributed by atoms with E-state index in [0.29, 0.717) is 6.04 Å². The van der Waals surface area contributed by atoms with E-state index in [1.54, 1.807) is 17.4 Å². The van der Waals surface area contributed by atoms with Crippen molar-refractivity contribution < 1.29 is 4.39 Å². The van der Waals surface area contributed by atoms with Crippen molar-refractivity contribution in [2.24, 2.45) is 7.05 Å². The van der Waals surface area contributed by atoms with E-state index in [9.17, 15) is 4.39 Å². The minimum absolute atomic E-state index is 0.204. The first kappa shape index (κ1) is 15.6. The predicted octanol–water partition coefficient (Wildman–Crippen LogP) is 5.49. The lowest BCUT2D eigenvalue weighted by Gasteiger charge is -2.22. The molecule has 3 nitrogen and oxygen atoms in total. The molecule has 0 amide bonds. The molecule has 3 aromatic rings. The Morgan fingerprint density at radius 3 is 2.83 bits per heavy atom. The molecule has 0 aliphatic heterocycles. The third-order valence-corrected chi connectivity index (χ3v) is 5.92. The van der Waals surface area contributed by atoms with Gasteiger partial charge in [-0.3, -0.25) is 0 Å². The van der Waals surface area contributed by atoms with E-state index in [1.807, 2.05) is 13.1 Å². The Bertz CT molecular complexity index is 874. The molecule has 4 rings (SSSR count). The molecular weight excluding hydrogens is 321 g/mol. The maximum absolute atomic E-state index is 13.7. The molecule has 0 unspecified atom stereocenters. The number of hydrogen-bond acceptors (Lipinski definition) is 3. The number of thiazole rings is 1. The van der Waals surface area contributed by atoms with Crippen LogP contribution in [0.3, 0.4) is 0 Å². The normalized spacial score (nSPS) is 16.0. The fraction of sp³-hybridized carbons (Fsp3) is 0.421. The summed E-state index contributed by atoms with van der Waals surface area (Å²) in [5, 5.41) is 7.58. The van der Waals surface area contributed by atoms with Crippen molar-refractivity contribution in [3.63, 3.8) is 0 Å². The van der Waals surface area contributed by atoms with Gasteiger partial charge < -0.3 is 9.88 Å². The summed E-state index contributed by atoms with van der Waals surface area (Å²) in [5.74, 6) is -0.204. The Morgan fingerprint density at radius 1 is 1.25 bits per heavy atom. The Kier molecular flexibility index (Phi) is 4.04. The first-order valence-corrected chi connectivity index (χ1v) is 9.48. The maximum Gasteiger partial charge on any atom is 0.183 e. The van der Waals surface area contributed by atoms with E-state index >= 15 is 0 Å². The van der Waals surface area contributed by atoms with E-state index in [2.05, 4.69) is 22.2 Å². The van der Waals surface area contributed by atoms with Crippen molar-refractivity contribution >= 4 is 27.4 Å². The van der Waals surface area contributed by atoms with Crippen LogP contribution in [0, 0.1) is 12.7 Å². The first-order valence-electron chi connectivity index (χ1n) is 8.60. The molecule has 5 heteroatoms. The van der Waals surface area contributed by atoms with Gasteiger partial charge in [-0.1, -0.05) is 19.3 Å². The summed E-state index contributed by atoms with van der Waals surface area (Å²) in [7, 11) is 2.02. The second kappa shape index (κ2) is 6.20. The molecule has 0 saturated heterocycles. The van der Waals surface area contributed by atoms with Gasteiger partial charge in [-0.05, 0) is 38.0 Å². The topological polar surface area (TPSA) is 29.9 Å². The summed E-state index contributed by atoms with van der Waals surface area (Å²) < 4.78 is 15.9. The van der Waals surface area contributed by atoms with Crippen molar-refractivity contribution in [2.75, 3.05) is 5.32 Å². The third kappa shape index (κ3) is 2.71. The number of fused-ring (bicyclic) bond motifs is 1. The van der Waals surface area contributed by atoms with Crippen LogP contribution in [0.2, 0.25) is 0 Å². The predicted molar refractivity (Wildman–Crippen MR) is 99.2 cm³/mol. The van der Waals surface area contributed by atoms with Crippen molar-refractivity contribution in [1.29, 1.82) is 0 Å². The Hall–Kier alpha value is -1.88. The zero-order chi connectivity index (χ0) is 16.7. The first-order chi connectivity index (χ1) is 11.6. The van der Waals surface area contributed by atoms with Gasteiger partial charge in [0.2, 0.25) is 0 Å². The molecule has 1 aliphatic carbocycles. The van der Waals surface area contributed by atoms with E-state index in [4.69, 9.17) is 4.98 Å². The highest BCUT2D eigenvalue weighted by atomic mass is 32.1. The Morgan fingerprint density at radius 2 is 2.04 bits per heavy atom. The smallest absolute Gasteiger partial charge is 0.183 e. The summed E-state index contributed by atoms with van der Waals surface area (Å²) in [4.78, 5) is 4.80. The van der Waals surface area contributed by atoms with Crippen molar-refractivity contribution in [3.05, 3.63) is 35.1 Å². The zero-order valence-electron chi connectivity index (χ0n) is 14.1. The summed E-state index contributed by atoms with van der Waals surface area (Å²) in [5.41, 5.74) is 4.13. The zero-order valence-corrected chi connectivity index (χ0v) is 14.9. The van der Waals surface area contributed by atoms with Crippen molar-refractivity contribution in [2.45, 2.75) is 45.1 Å². The van der Waals surface area contributed by atoms with E-state index in [1.165, 1.54) is 38.2 Å².